The molecule has 1 aliphatic rings. The molecule has 19 heavy (non-hydrogen) atoms. The van der Waals surface area contributed by atoms with E-state index in [1.807, 2.05) is 6.92 Å². The fraction of sp³-hybridized carbons (Fsp3) is 0.917. The molecule has 7 heteroatoms. The standard InChI is InChI=1S/C12H24N2O4S/c1-4-18-11(15)12(3,13)5-6-14-7-8-19(16,17)9-10(14)2/h10H,4-9,13H2,1-3H3. The van der Waals surface area contributed by atoms with Crippen LogP contribution in [-0.2, 0) is 19.4 Å². The highest BCUT2D eigenvalue weighted by Crippen LogP contribution is 2.15. The normalized spacial score (nSPS) is 26.6. The Hall–Kier alpha value is -0.660. The lowest BCUT2D eigenvalue weighted by Gasteiger charge is -2.35. The van der Waals surface area contributed by atoms with Gasteiger partial charge in [-0.2, -0.15) is 0 Å². The number of hydrogen-bond donors (Lipinski definition) is 1. The van der Waals surface area contributed by atoms with E-state index in [1.54, 1.807) is 13.8 Å². The van der Waals surface area contributed by atoms with Crippen LogP contribution in [0.15, 0.2) is 0 Å². The predicted octanol–water partition coefficient (Wildman–Crippen LogP) is -0.224. The quantitative estimate of drug-likeness (QED) is 0.704. The molecule has 0 saturated carbocycles. The molecule has 0 aromatic carbocycles. The van der Waals surface area contributed by atoms with E-state index in [-0.39, 0.29) is 17.5 Å². The van der Waals surface area contributed by atoms with Crippen LogP contribution in [0.4, 0.5) is 0 Å². The zero-order chi connectivity index (χ0) is 14.7. The summed E-state index contributed by atoms with van der Waals surface area (Å²) in [5, 5.41) is 0. The van der Waals surface area contributed by atoms with Crippen LogP contribution in [0.2, 0.25) is 0 Å². The molecule has 6 nitrogen and oxygen atoms in total. The SMILES string of the molecule is CCOC(=O)C(C)(N)CCN1CCS(=O)(=O)CC1C. The van der Waals surface area contributed by atoms with Crippen LogP contribution in [0.1, 0.15) is 27.2 Å². The smallest absolute Gasteiger partial charge is 0.325 e. The number of nitrogens with zero attached hydrogens (tertiary/aromatic N) is 1. The van der Waals surface area contributed by atoms with Gasteiger partial charge in [0.05, 0.1) is 18.1 Å². The Morgan fingerprint density at radius 1 is 1.53 bits per heavy atom. The summed E-state index contributed by atoms with van der Waals surface area (Å²) in [6.45, 7) is 6.69. The van der Waals surface area contributed by atoms with Crippen LogP contribution in [0.5, 0.6) is 0 Å². The second-order valence-corrected chi connectivity index (χ2v) is 7.62. The van der Waals surface area contributed by atoms with E-state index >= 15 is 0 Å². The van der Waals surface area contributed by atoms with Gasteiger partial charge in [0.25, 0.3) is 0 Å². The molecule has 1 aliphatic heterocycles. The Kier molecular flexibility index (Phi) is 5.34. The zero-order valence-electron chi connectivity index (χ0n) is 11.9. The second-order valence-electron chi connectivity index (χ2n) is 5.39. The van der Waals surface area contributed by atoms with E-state index in [0.717, 1.165) is 0 Å². The Morgan fingerprint density at radius 3 is 2.68 bits per heavy atom. The summed E-state index contributed by atoms with van der Waals surface area (Å²) in [4.78, 5) is 13.7. The highest BCUT2D eigenvalue weighted by atomic mass is 32.2. The number of rotatable bonds is 5. The molecule has 0 radical (unpaired) electrons. The molecule has 112 valence electrons. The number of hydrogen-bond acceptors (Lipinski definition) is 6. The summed E-state index contributed by atoms with van der Waals surface area (Å²) < 4.78 is 27.9. The largest absolute Gasteiger partial charge is 0.465 e. The lowest BCUT2D eigenvalue weighted by atomic mass is 9.99. The van der Waals surface area contributed by atoms with Crippen molar-refractivity contribution in [2.75, 3.05) is 31.2 Å². The van der Waals surface area contributed by atoms with Gasteiger partial charge in [0.15, 0.2) is 9.84 Å². The molecular weight excluding hydrogens is 268 g/mol. The molecule has 1 rings (SSSR count). The third-order valence-electron chi connectivity index (χ3n) is 3.47. The van der Waals surface area contributed by atoms with Crippen LogP contribution in [0.3, 0.4) is 0 Å². The first-order valence-electron chi connectivity index (χ1n) is 6.58. The van der Waals surface area contributed by atoms with E-state index < -0.39 is 21.3 Å². The number of carbonyl (C=O) groups excluding carboxylic acids is 1. The molecule has 0 spiro atoms. The van der Waals surface area contributed by atoms with Gasteiger partial charge < -0.3 is 10.5 Å². The first-order valence-corrected chi connectivity index (χ1v) is 8.40. The van der Waals surface area contributed by atoms with E-state index in [2.05, 4.69) is 4.90 Å². The minimum Gasteiger partial charge on any atom is -0.465 e. The van der Waals surface area contributed by atoms with Gasteiger partial charge in [0.1, 0.15) is 5.54 Å². The van der Waals surface area contributed by atoms with E-state index in [9.17, 15) is 13.2 Å². The highest BCUT2D eigenvalue weighted by Gasteiger charge is 2.33. The topological polar surface area (TPSA) is 89.7 Å². The number of carbonyl (C=O) groups is 1. The van der Waals surface area contributed by atoms with Crippen molar-refractivity contribution < 1.29 is 17.9 Å². The van der Waals surface area contributed by atoms with E-state index in [4.69, 9.17) is 10.5 Å². The second kappa shape index (κ2) is 6.19. The lowest BCUT2D eigenvalue weighted by molar-refractivity contribution is -0.149. The minimum absolute atomic E-state index is 0.0308. The van der Waals surface area contributed by atoms with Crippen molar-refractivity contribution in [3.05, 3.63) is 0 Å². The predicted molar refractivity (Wildman–Crippen MR) is 73.5 cm³/mol. The van der Waals surface area contributed by atoms with Gasteiger partial charge in [0.2, 0.25) is 0 Å². The maximum absolute atomic E-state index is 11.7. The Labute approximate surface area is 115 Å². The zero-order valence-corrected chi connectivity index (χ0v) is 12.7. The summed E-state index contributed by atoms with van der Waals surface area (Å²) in [7, 11) is -2.91. The summed E-state index contributed by atoms with van der Waals surface area (Å²) in [6, 6.07) is -0.0308. The fourth-order valence-electron chi connectivity index (χ4n) is 2.14. The number of ether oxygens (including phenoxy) is 1. The Bertz CT molecular complexity index is 419. The maximum atomic E-state index is 11.7. The number of esters is 1. The first-order chi connectivity index (χ1) is 8.68. The molecule has 1 saturated heterocycles. The van der Waals surface area contributed by atoms with E-state index in [0.29, 0.717) is 26.1 Å². The van der Waals surface area contributed by atoms with Crippen molar-refractivity contribution in [2.24, 2.45) is 5.73 Å². The molecule has 1 heterocycles. The summed E-state index contributed by atoms with van der Waals surface area (Å²) in [6.07, 6.45) is 0.455. The molecule has 2 N–H and O–H groups in total. The average molecular weight is 292 g/mol. The van der Waals surface area contributed by atoms with E-state index in [1.165, 1.54) is 0 Å². The Morgan fingerprint density at radius 2 is 2.16 bits per heavy atom. The van der Waals surface area contributed by atoms with Crippen LogP contribution < -0.4 is 5.73 Å². The van der Waals surface area contributed by atoms with Crippen molar-refractivity contribution in [3.63, 3.8) is 0 Å². The molecule has 2 unspecified atom stereocenters. The number of sulfone groups is 1. The molecule has 0 aromatic rings. The highest BCUT2D eigenvalue weighted by molar-refractivity contribution is 7.91. The van der Waals surface area contributed by atoms with Crippen molar-refractivity contribution in [2.45, 2.75) is 38.8 Å². The van der Waals surface area contributed by atoms with Crippen molar-refractivity contribution >= 4 is 15.8 Å². The van der Waals surface area contributed by atoms with Crippen molar-refractivity contribution in [3.8, 4) is 0 Å². The minimum atomic E-state index is -2.91. The van der Waals surface area contributed by atoms with Crippen LogP contribution in [0.25, 0.3) is 0 Å². The molecule has 0 amide bonds. The van der Waals surface area contributed by atoms with Gasteiger partial charge in [-0.05, 0) is 27.2 Å². The summed E-state index contributed by atoms with van der Waals surface area (Å²) in [5.41, 5.74) is 4.92. The molecule has 1 fully saturated rings. The van der Waals surface area contributed by atoms with Gasteiger partial charge in [-0.3, -0.25) is 9.69 Å². The van der Waals surface area contributed by atoms with Gasteiger partial charge in [-0.15, -0.1) is 0 Å². The Balaban J connectivity index is 2.51. The third kappa shape index (κ3) is 4.74. The van der Waals surface area contributed by atoms with Crippen LogP contribution in [-0.4, -0.2) is 62.1 Å². The summed E-state index contributed by atoms with van der Waals surface area (Å²) in [5.74, 6) is -0.0570. The lowest BCUT2D eigenvalue weighted by Crippen LogP contribution is -2.52. The monoisotopic (exact) mass is 292 g/mol. The third-order valence-corrected chi connectivity index (χ3v) is 5.26. The van der Waals surface area contributed by atoms with Gasteiger partial charge in [0, 0.05) is 19.1 Å². The van der Waals surface area contributed by atoms with Crippen LogP contribution >= 0.6 is 0 Å². The number of nitrogens with two attached hydrogens (primary N) is 1. The maximum Gasteiger partial charge on any atom is 0.325 e. The molecule has 0 bridgehead atoms. The van der Waals surface area contributed by atoms with Gasteiger partial charge in [-0.1, -0.05) is 0 Å². The fourth-order valence-corrected chi connectivity index (χ4v) is 3.76. The average Bonchev–Trinajstić information content (AvgIpc) is 2.27. The van der Waals surface area contributed by atoms with Crippen molar-refractivity contribution in [1.82, 2.24) is 4.90 Å². The van der Waals surface area contributed by atoms with Crippen molar-refractivity contribution in [1.29, 1.82) is 0 Å². The van der Waals surface area contributed by atoms with Crippen LogP contribution in [0, 0.1) is 0 Å². The molecular formula is C12H24N2O4S. The molecule has 2 atom stereocenters. The first kappa shape index (κ1) is 16.4. The molecule has 0 aromatic heterocycles. The van der Waals surface area contributed by atoms with Gasteiger partial charge >= 0.3 is 5.97 Å². The molecule has 0 aliphatic carbocycles. The van der Waals surface area contributed by atoms with Gasteiger partial charge in [-0.25, -0.2) is 8.42 Å². The summed E-state index contributed by atoms with van der Waals surface area (Å²) >= 11 is 0.